The third-order valence-corrected chi connectivity index (χ3v) is 3.46. The molecule has 16 heavy (non-hydrogen) atoms. The van der Waals surface area contributed by atoms with E-state index in [1.807, 2.05) is 13.0 Å². The van der Waals surface area contributed by atoms with Gasteiger partial charge in [-0.25, -0.2) is 8.42 Å². The lowest BCUT2D eigenvalue weighted by atomic mass is 10.1. The number of hydrogen-bond donors (Lipinski definition) is 0. The molecule has 0 aliphatic heterocycles. The monoisotopic (exact) mass is 236 g/mol. The van der Waals surface area contributed by atoms with E-state index < -0.39 is 9.84 Å². The van der Waals surface area contributed by atoms with Crippen molar-refractivity contribution in [2.75, 3.05) is 6.26 Å². The van der Waals surface area contributed by atoms with Crippen molar-refractivity contribution in [1.29, 1.82) is 0 Å². The molecule has 2 aromatic rings. The SMILES string of the molecule is Cc1ccc(-c2ccco2)c(S(C)(=O)=O)c1. The second kappa shape index (κ2) is 3.79. The fraction of sp³-hybridized carbons (Fsp3) is 0.167. The Morgan fingerprint density at radius 1 is 1.19 bits per heavy atom. The van der Waals surface area contributed by atoms with Crippen molar-refractivity contribution in [1.82, 2.24) is 0 Å². The molecule has 0 bridgehead atoms. The first-order valence-electron chi connectivity index (χ1n) is 4.83. The second-order valence-electron chi connectivity index (χ2n) is 3.75. The third kappa shape index (κ3) is 2.02. The highest BCUT2D eigenvalue weighted by molar-refractivity contribution is 7.90. The minimum atomic E-state index is -3.24. The zero-order valence-electron chi connectivity index (χ0n) is 9.10. The molecule has 0 atom stereocenters. The zero-order valence-corrected chi connectivity index (χ0v) is 9.91. The molecule has 0 saturated carbocycles. The van der Waals surface area contributed by atoms with Crippen LogP contribution in [0.2, 0.25) is 0 Å². The van der Waals surface area contributed by atoms with Gasteiger partial charge in [0.1, 0.15) is 5.76 Å². The standard InChI is InChI=1S/C12H12O3S/c1-9-5-6-10(11-4-3-7-15-11)12(8-9)16(2,13)14/h3-8H,1-2H3. The lowest BCUT2D eigenvalue weighted by Crippen LogP contribution is -2.00. The fourth-order valence-corrected chi connectivity index (χ4v) is 2.54. The summed E-state index contributed by atoms with van der Waals surface area (Å²) in [6.45, 7) is 1.86. The minimum Gasteiger partial charge on any atom is -0.464 e. The van der Waals surface area contributed by atoms with Gasteiger partial charge in [-0.05, 0) is 36.8 Å². The Labute approximate surface area is 94.6 Å². The molecule has 84 valence electrons. The molecule has 0 radical (unpaired) electrons. The van der Waals surface area contributed by atoms with Crippen molar-refractivity contribution in [3.8, 4) is 11.3 Å². The smallest absolute Gasteiger partial charge is 0.176 e. The van der Waals surface area contributed by atoms with Crippen LogP contribution >= 0.6 is 0 Å². The maximum Gasteiger partial charge on any atom is 0.176 e. The highest BCUT2D eigenvalue weighted by Gasteiger charge is 2.16. The molecule has 0 aliphatic rings. The summed E-state index contributed by atoms with van der Waals surface area (Å²) in [5, 5.41) is 0. The van der Waals surface area contributed by atoms with Crippen molar-refractivity contribution in [3.63, 3.8) is 0 Å². The van der Waals surface area contributed by atoms with Gasteiger partial charge in [-0.3, -0.25) is 0 Å². The molecule has 0 fully saturated rings. The molecule has 0 saturated heterocycles. The Hall–Kier alpha value is -1.55. The van der Waals surface area contributed by atoms with Crippen LogP contribution in [-0.2, 0) is 9.84 Å². The first-order valence-corrected chi connectivity index (χ1v) is 6.72. The number of furan rings is 1. The van der Waals surface area contributed by atoms with Crippen LogP contribution in [0.5, 0.6) is 0 Å². The Kier molecular flexibility index (Phi) is 2.59. The maximum absolute atomic E-state index is 11.7. The first-order chi connectivity index (χ1) is 7.48. The van der Waals surface area contributed by atoms with Crippen LogP contribution in [0.15, 0.2) is 45.9 Å². The Morgan fingerprint density at radius 3 is 2.50 bits per heavy atom. The average molecular weight is 236 g/mol. The largest absolute Gasteiger partial charge is 0.464 e. The summed E-state index contributed by atoms with van der Waals surface area (Å²) in [4.78, 5) is 0.308. The van der Waals surface area contributed by atoms with E-state index in [2.05, 4.69) is 0 Å². The molecule has 3 nitrogen and oxygen atoms in total. The number of sulfone groups is 1. The molecule has 0 spiro atoms. The fourth-order valence-electron chi connectivity index (χ4n) is 1.57. The van der Waals surface area contributed by atoms with Crippen LogP contribution in [0.25, 0.3) is 11.3 Å². The van der Waals surface area contributed by atoms with E-state index in [0.29, 0.717) is 16.2 Å². The van der Waals surface area contributed by atoms with Crippen LogP contribution < -0.4 is 0 Å². The van der Waals surface area contributed by atoms with Crippen LogP contribution in [0, 0.1) is 6.92 Å². The summed E-state index contributed by atoms with van der Waals surface area (Å²) in [7, 11) is -3.24. The Bertz CT molecular complexity index is 595. The molecule has 0 N–H and O–H groups in total. The molecular weight excluding hydrogens is 224 g/mol. The zero-order chi connectivity index (χ0) is 11.8. The van der Waals surface area contributed by atoms with Gasteiger partial charge in [-0.2, -0.15) is 0 Å². The molecule has 2 rings (SSSR count). The normalized spacial score (nSPS) is 11.6. The molecule has 0 aliphatic carbocycles. The van der Waals surface area contributed by atoms with Crippen molar-refractivity contribution in [2.45, 2.75) is 11.8 Å². The Balaban J connectivity index is 2.72. The summed E-state index contributed by atoms with van der Waals surface area (Å²) < 4.78 is 28.5. The van der Waals surface area contributed by atoms with E-state index in [1.165, 1.54) is 12.5 Å². The van der Waals surface area contributed by atoms with Gasteiger partial charge in [0.25, 0.3) is 0 Å². The lowest BCUT2D eigenvalue weighted by molar-refractivity contribution is 0.578. The minimum absolute atomic E-state index is 0.308. The van der Waals surface area contributed by atoms with Crippen LogP contribution in [0.3, 0.4) is 0 Å². The van der Waals surface area contributed by atoms with Crippen molar-refractivity contribution in [3.05, 3.63) is 42.2 Å². The number of rotatable bonds is 2. The van der Waals surface area contributed by atoms with Gasteiger partial charge in [-0.15, -0.1) is 0 Å². The number of aryl methyl sites for hydroxylation is 1. The maximum atomic E-state index is 11.7. The first kappa shape index (κ1) is 11.0. The van der Waals surface area contributed by atoms with E-state index in [0.717, 1.165) is 5.56 Å². The summed E-state index contributed by atoms with van der Waals surface area (Å²) in [5.41, 5.74) is 1.52. The van der Waals surface area contributed by atoms with E-state index in [4.69, 9.17) is 4.42 Å². The van der Waals surface area contributed by atoms with Gasteiger partial charge >= 0.3 is 0 Å². The van der Waals surface area contributed by atoms with E-state index in [1.54, 1.807) is 24.3 Å². The molecule has 1 aromatic heterocycles. The average Bonchev–Trinajstić information content (AvgIpc) is 2.69. The predicted molar refractivity (Wildman–Crippen MR) is 62.0 cm³/mol. The summed E-state index contributed by atoms with van der Waals surface area (Å²) in [6.07, 6.45) is 2.73. The summed E-state index contributed by atoms with van der Waals surface area (Å²) >= 11 is 0. The van der Waals surface area contributed by atoms with E-state index in [-0.39, 0.29) is 0 Å². The quantitative estimate of drug-likeness (QED) is 0.805. The van der Waals surface area contributed by atoms with Gasteiger partial charge in [0.15, 0.2) is 9.84 Å². The number of hydrogen-bond acceptors (Lipinski definition) is 3. The van der Waals surface area contributed by atoms with Crippen LogP contribution in [0.4, 0.5) is 0 Å². The molecule has 4 heteroatoms. The van der Waals surface area contributed by atoms with Crippen LogP contribution in [-0.4, -0.2) is 14.7 Å². The highest BCUT2D eigenvalue weighted by Crippen LogP contribution is 2.28. The van der Waals surface area contributed by atoms with Gasteiger partial charge in [0.05, 0.1) is 11.2 Å². The van der Waals surface area contributed by atoms with Crippen molar-refractivity contribution in [2.24, 2.45) is 0 Å². The molecule has 1 heterocycles. The summed E-state index contributed by atoms with van der Waals surface area (Å²) in [5.74, 6) is 0.570. The van der Waals surface area contributed by atoms with Gasteiger partial charge in [0, 0.05) is 11.8 Å². The van der Waals surface area contributed by atoms with Gasteiger partial charge in [-0.1, -0.05) is 6.07 Å². The highest BCUT2D eigenvalue weighted by atomic mass is 32.2. The predicted octanol–water partition coefficient (Wildman–Crippen LogP) is 2.66. The third-order valence-electron chi connectivity index (χ3n) is 2.32. The van der Waals surface area contributed by atoms with Gasteiger partial charge < -0.3 is 4.42 Å². The molecular formula is C12H12O3S. The van der Waals surface area contributed by atoms with Crippen LogP contribution in [0.1, 0.15) is 5.56 Å². The van der Waals surface area contributed by atoms with Gasteiger partial charge in [0.2, 0.25) is 0 Å². The topological polar surface area (TPSA) is 47.3 Å². The second-order valence-corrected chi connectivity index (χ2v) is 5.73. The lowest BCUT2D eigenvalue weighted by Gasteiger charge is -2.06. The van der Waals surface area contributed by atoms with Crippen molar-refractivity contribution < 1.29 is 12.8 Å². The number of benzene rings is 1. The van der Waals surface area contributed by atoms with Crippen molar-refractivity contribution >= 4 is 9.84 Å². The molecule has 0 amide bonds. The summed E-state index contributed by atoms with van der Waals surface area (Å²) in [6, 6.07) is 8.78. The molecule has 1 aromatic carbocycles. The molecule has 0 unspecified atom stereocenters. The Morgan fingerprint density at radius 2 is 1.94 bits per heavy atom. The van der Waals surface area contributed by atoms with E-state index >= 15 is 0 Å². The van der Waals surface area contributed by atoms with E-state index in [9.17, 15) is 8.42 Å².